The summed E-state index contributed by atoms with van der Waals surface area (Å²) in [7, 11) is 3.94. The minimum atomic E-state index is -1.26. The lowest BCUT2D eigenvalue weighted by molar-refractivity contribution is -0.134. The van der Waals surface area contributed by atoms with Crippen molar-refractivity contribution in [2.45, 2.75) is 24.8 Å². The molecule has 9 nitrogen and oxygen atoms in total. The zero-order chi connectivity index (χ0) is 25.7. The molecule has 1 atom stereocenters. The first-order chi connectivity index (χ1) is 16.0. The van der Waals surface area contributed by atoms with Crippen molar-refractivity contribution in [3.05, 3.63) is 54.6 Å². The molecule has 0 bridgehead atoms. The Bertz CT molecular complexity index is 959. The maximum atomic E-state index is 12.9. The Morgan fingerprint density at radius 3 is 2.15 bits per heavy atom. The van der Waals surface area contributed by atoms with Gasteiger partial charge in [-0.3, -0.25) is 0 Å². The lowest BCUT2D eigenvalue weighted by Crippen LogP contribution is -2.47. The first-order valence-electron chi connectivity index (χ1n) is 10.7. The molecule has 0 fully saturated rings. The van der Waals surface area contributed by atoms with E-state index in [2.05, 4.69) is 5.32 Å². The number of fused-ring (bicyclic) bond motifs is 1. The number of urea groups is 1. The summed E-state index contributed by atoms with van der Waals surface area (Å²) < 4.78 is 12.9. The second-order valence-corrected chi connectivity index (χ2v) is 9.40. The molecule has 0 aromatic heterocycles. The quantitative estimate of drug-likeness (QED) is 0.344. The summed E-state index contributed by atoms with van der Waals surface area (Å²) in [6.45, 7) is 5.81. The molecule has 2 aromatic carbocycles. The molecule has 0 aliphatic heterocycles. The number of carbonyl (C=O) groups excluding carboxylic acids is 1. The van der Waals surface area contributed by atoms with E-state index in [1.807, 2.05) is 75.3 Å². The van der Waals surface area contributed by atoms with E-state index in [-0.39, 0.29) is 12.1 Å². The highest BCUT2D eigenvalue weighted by Gasteiger charge is 2.21. The van der Waals surface area contributed by atoms with Gasteiger partial charge in [-0.1, -0.05) is 30.3 Å². The molecule has 3 N–H and O–H groups in total. The number of likely N-dealkylation sites (N-methyl/N-ethyl adjacent to an activating group) is 1. The maximum Gasteiger partial charge on any atom is 0.328 e. The molecule has 0 saturated carbocycles. The van der Waals surface area contributed by atoms with Crippen LogP contribution in [-0.2, 0) is 20.8 Å². The number of hydrogen-bond donors (Lipinski definition) is 3. The number of nitrogens with zero attached hydrogens (tertiary/aromatic N) is 2. The van der Waals surface area contributed by atoms with Crippen molar-refractivity contribution >= 4 is 39.9 Å². The number of carboxylic acid groups (broad SMARTS) is 2. The molecule has 0 saturated heterocycles. The molecular formula is C24H33N3O6S. The molecular weight excluding hydrogens is 458 g/mol. The van der Waals surface area contributed by atoms with Gasteiger partial charge in [0.25, 0.3) is 0 Å². The molecule has 2 amide bonds. The standard InChI is InChI=1S/C20H29N3O2S.C4H4O4/c1-16(2)23(20(24)21-12-13-22(3)4)14-15-26(25)19-11-7-9-17-8-5-6-10-18(17)19;5-3(6)1-2-4(7)8/h5-11,16H,12-15H2,1-4H3,(H,21,24);1-2H,(H,5,6)(H,7,8). The van der Waals surface area contributed by atoms with Gasteiger partial charge in [-0.2, -0.15) is 0 Å². The lowest BCUT2D eigenvalue weighted by Gasteiger charge is -2.27. The Labute approximate surface area is 203 Å². The van der Waals surface area contributed by atoms with Crippen LogP contribution in [0.1, 0.15) is 13.8 Å². The molecule has 0 radical (unpaired) electrons. The molecule has 2 aromatic rings. The number of amides is 2. The third-order valence-electron chi connectivity index (χ3n) is 4.60. The molecule has 0 heterocycles. The predicted molar refractivity (Wildman–Crippen MR) is 133 cm³/mol. The van der Waals surface area contributed by atoms with Crippen LogP contribution in [-0.4, -0.2) is 88.1 Å². The van der Waals surface area contributed by atoms with Crippen LogP contribution in [0.15, 0.2) is 59.5 Å². The maximum absolute atomic E-state index is 12.9. The Hall–Kier alpha value is -3.08. The molecule has 0 aliphatic rings. The van der Waals surface area contributed by atoms with Crippen molar-refractivity contribution < 1.29 is 29.1 Å². The first kappa shape index (κ1) is 29.0. The smallest absolute Gasteiger partial charge is 0.328 e. The van der Waals surface area contributed by atoms with Gasteiger partial charge < -0.3 is 29.9 Å². The number of rotatable bonds is 10. The van der Waals surface area contributed by atoms with Crippen molar-refractivity contribution in [2.75, 3.05) is 39.5 Å². The zero-order valence-electron chi connectivity index (χ0n) is 19.9. The zero-order valence-corrected chi connectivity index (χ0v) is 20.7. The topological polar surface area (TPSA) is 133 Å². The fourth-order valence-corrected chi connectivity index (χ4v) is 4.15. The van der Waals surface area contributed by atoms with E-state index in [1.54, 1.807) is 4.90 Å². The number of carboxylic acids is 2. The summed E-state index contributed by atoms with van der Waals surface area (Å²) in [6, 6.07) is 13.8. The Morgan fingerprint density at radius 1 is 1.00 bits per heavy atom. The second-order valence-electron chi connectivity index (χ2n) is 7.86. The minimum absolute atomic E-state index is 0.0545. The summed E-state index contributed by atoms with van der Waals surface area (Å²) in [5.41, 5.74) is 0. The number of carbonyl (C=O) groups is 3. The lowest BCUT2D eigenvalue weighted by atomic mass is 10.1. The largest absolute Gasteiger partial charge is 0.611 e. The van der Waals surface area contributed by atoms with Crippen LogP contribution in [0.25, 0.3) is 10.8 Å². The van der Waals surface area contributed by atoms with Gasteiger partial charge in [-0.05, 0) is 56.6 Å². The fraction of sp³-hybridized carbons (Fsp3) is 0.375. The van der Waals surface area contributed by atoms with Gasteiger partial charge >= 0.3 is 18.0 Å². The Balaban J connectivity index is 0.000000620. The normalized spacial score (nSPS) is 11.9. The number of aliphatic carboxylic acids is 2. The van der Waals surface area contributed by atoms with Crippen LogP contribution >= 0.6 is 0 Å². The first-order valence-corrected chi connectivity index (χ1v) is 12.0. The summed E-state index contributed by atoms with van der Waals surface area (Å²) in [5, 5.41) is 20.7. The van der Waals surface area contributed by atoms with Crippen molar-refractivity contribution in [1.29, 1.82) is 0 Å². The predicted octanol–water partition coefficient (Wildman–Crippen LogP) is 2.64. The van der Waals surface area contributed by atoms with Crippen LogP contribution in [0.2, 0.25) is 0 Å². The number of benzene rings is 2. The van der Waals surface area contributed by atoms with Gasteiger partial charge in [0.2, 0.25) is 0 Å². The molecule has 1 unspecified atom stereocenters. The van der Waals surface area contributed by atoms with E-state index in [0.29, 0.717) is 31.0 Å². The Kier molecular flexibility index (Phi) is 12.7. The molecule has 10 heteroatoms. The molecule has 0 aliphatic carbocycles. The summed E-state index contributed by atoms with van der Waals surface area (Å²) in [4.78, 5) is 36.1. The summed E-state index contributed by atoms with van der Waals surface area (Å²) in [5.74, 6) is -2.09. The summed E-state index contributed by atoms with van der Waals surface area (Å²) >= 11 is -1.15. The van der Waals surface area contributed by atoms with E-state index in [9.17, 15) is 18.9 Å². The average Bonchev–Trinajstić information content (AvgIpc) is 2.77. The third kappa shape index (κ3) is 10.7. The molecule has 34 heavy (non-hydrogen) atoms. The van der Waals surface area contributed by atoms with Crippen molar-refractivity contribution in [3.8, 4) is 0 Å². The Morgan fingerprint density at radius 2 is 1.59 bits per heavy atom. The van der Waals surface area contributed by atoms with Crippen LogP contribution < -0.4 is 5.32 Å². The van der Waals surface area contributed by atoms with E-state index in [0.717, 1.165) is 22.2 Å². The monoisotopic (exact) mass is 491 g/mol. The van der Waals surface area contributed by atoms with Gasteiger partial charge in [0.05, 0.1) is 6.54 Å². The molecule has 0 spiro atoms. The fourth-order valence-electron chi connectivity index (χ4n) is 2.91. The molecule has 2 rings (SSSR count). The molecule has 186 valence electrons. The van der Waals surface area contributed by atoms with Gasteiger partial charge in [0.1, 0.15) is 5.75 Å². The highest BCUT2D eigenvalue weighted by molar-refractivity contribution is 7.91. The highest BCUT2D eigenvalue weighted by Crippen LogP contribution is 2.23. The van der Waals surface area contributed by atoms with Gasteiger partial charge in [-0.15, -0.1) is 0 Å². The van der Waals surface area contributed by atoms with Crippen molar-refractivity contribution in [2.24, 2.45) is 0 Å². The number of nitrogens with one attached hydrogen (secondary N) is 1. The average molecular weight is 492 g/mol. The van der Waals surface area contributed by atoms with E-state index in [1.165, 1.54) is 0 Å². The minimum Gasteiger partial charge on any atom is -0.611 e. The van der Waals surface area contributed by atoms with Crippen LogP contribution in [0.4, 0.5) is 4.79 Å². The third-order valence-corrected chi connectivity index (χ3v) is 6.00. The SMILES string of the molecule is CC(C)N(CC[S+]([O-])c1cccc2ccccc12)C(=O)NCCN(C)C.O=C(O)C=CC(=O)O. The van der Waals surface area contributed by atoms with Gasteiger partial charge in [0.15, 0.2) is 4.90 Å². The van der Waals surface area contributed by atoms with E-state index < -0.39 is 23.1 Å². The van der Waals surface area contributed by atoms with Crippen LogP contribution in [0.5, 0.6) is 0 Å². The highest BCUT2D eigenvalue weighted by atomic mass is 32.2. The van der Waals surface area contributed by atoms with Crippen LogP contribution in [0, 0.1) is 0 Å². The summed E-state index contributed by atoms with van der Waals surface area (Å²) in [6.07, 6.45) is 1.12. The van der Waals surface area contributed by atoms with Crippen molar-refractivity contribution in [3.63, 3.8) is 0 Å². The van der Waals surface area contributed by atoms with Gasteiger partial charge in [-0.25, -0.2) is 14.4 Å². The van der Waals surface area contributed by atoms with Crippen LogP contribution in [0.3, 0.4) is 0 Å². The second kappa shape index (κ2) is 14.9. The van der Waals surface area contributed by atoms with Gasteiger partial charge in [0, 0.05) is 36.7 Å². The van der Waals surface area contributed by atoms with Crippen molar-refractivity contribution in [1.82, 2.24) is 15.1 Å². The van der Waals surface area contributed by atoms with E-state index >= 15 is 0 Å². The number of hydrogen-bond acceptors (Lipinski definition) is 5. The van der Waals surface area contributed by atoms with E-state index in [4.69, 9.17) is 10.2 Å².